The number of carbonyl (C=O) groups is 4. The van der Waals surface area contributed by atoms with E-state index in [1.807, 2.05) is 12.2 Å². The largest absolute Gasteiger partial charge is 0.479 e. The van der Waals surface area contributed by atoms with E-state index in [4.69, 9.17) is 23.7 Å². The molecule has 0 bridgehead atoms. The number of hydrogen-bond acceptors (Lipinski definition) is 11. The van der Waals surface area contributed by atoms with E-state index in [0.29, 0.717) is 25.7 Å². The second-order valence-corrected chi connectivity index (χ2v) is 17.7. The molecule has 3 N–H and O–H groups in total. The number of unbranched alkanes of at least 4 members (excludes halogenated alkanes) is 11. The summed E-state index contributed by atoms with van der Waals surface area (Å²) in [5, 5.41) is 31.4. The van der Waals surface area contributed by atoms with Crippen LogP contribution in [0.5, 0.6) is 0 Å². The lowest BCUT2D eigenvalue weighted by Gasteiger charge is -2.40. The minimum Gasteiger partial charge on any atom is -0.479 e. The van der Waals surface area contributed by atoms with Gasteiger partial charge in [0, 0.05) is 19.3 Å². The zero-order valence-electron chi connectivity index (χ0n) is 43.7. The molecule has 1 heterocycles. The Balaban J connectivity index is 2.80. The highest BCUT2D eigenvalue weighted by Gasteiger charge is 2.50. The summed E-state index contributed by atoms with van der Waals surface area (Å²) >= 11 is 0. The Hall–Kier alpha value is -4.62. The van der Waals surface area contributed by atoms with Gasteiger partial charge < -0.3 is 39.0 Å². The highest BCUT2D eigenvalue weighted by Crippen LogP contribution is 2.26. The summed E-state index contributed by atoms with van der Waals surface area (Å²) in [6.07, 6.45) is 49.5. The standard InChI is InChI=1S/C59H92O12/c1-4-7-10-13-16-19-22-25-26-29-32-35-38-41-44-47-53(62)70-57-55(64)54(63)56(58(65)66)71-59(57)68-49-50(69-52(61)46-43-40-37-34-31-28-24-21-18-15-12-9-6-3)48-67-51(60)45-42-39-36-33-30-27-23-20-17-14-11-8-5-2/h7-8,10-11,16-17,19-21,24-27,30,32,35-36,39,50,54-57,59,63-64H,4-6,9,12-15,18,22-23,28-29,31,33-34,37-38,40-49H2,1-3H3,(H,65,66)/b10-7-,11-8-,19-16-,20-17-,24-21-,26-25-,30-27-,35-32-,39-36-. The number of allylic oxidation sites excluding steroid dienone is 18. The Morgan fingerprint density at radius 3 is 1.45 bits per heavy atom. The monoisotopic (exact) mass is 993 g/mol. The number of carbonyl (C=O) groups excluding carboxylic acids is 3. The predicted molar refractivity (Wildman–Crippen MR) is 284 cm³/mol. The van der Waals surface area contributed by atoms with Crippen LogP contribution < -0.4 is 0 Å². The number of aliphatic carboxylic acids is 1. The maximum atomic E-state index is 13.1. The van der Waals surface area contributed by atoms with Gasteiger partial charge >= 0.3 is 23.9 Å². The molecule has 12 nitrogen and oxygen atoms in total. The van der Waals surface area contributed by atoms with Crippen LogP contribution in [0.3, 0.4) is 0 Å². The molecule has 0 amide bonds. The van der Waals surface area contributed by atoms with Gasteiger partial charge in [-0.2, -0.15) is 0 Å². The van der Waals surface area contributed by atoms with Gasteiger partial charge in [-0.05, 0) is 109 Å². The van der Waals surface area contributed by atoms with E-state index in [1.165, 1.54) is 25.7 Å². The van der Waals surface area contributed by atoms with Crippen molar-refractivity contribution in [3.8, 4) is 0 Å². The van der Waals surface area contributed by atoms with Crippen LogP contribution in [0.2, 0.25) is 0 Å². The third-order valence-corrected chi connectivity index (χ3v) is 11.3. The lowest BCUT2D eigenvalue weighted by atomic mass is 9.98. The van der Waals surface area contributed by atoms with E-state index in [1.54, 1.807) is 0 Å². The number of aliphatic hydroxyl groups excluding tert-OH is 2. The molecule has 71 heavy (non-hydrogen) atoms. The summed E-state index contributed by atoms with van der Waals surface area (Å²) in [7, 11) is 0. The third-order valence-electron chi connectivity index (χ3n) is 11.3. The van der Waals surface area contributed by atoms with E-state index < -0.39 is 67.3 Å². The first-order valence-electron chi connectivity index (χ1n) is 26.9. The zero-order valence-corrected chi connectivity index (χ0v) is 43.7. The molecule has 0 aromatic carbocycles. The number of carboxylic acids is 1. The summed E-state index contributed by atoms with van der Waals surface area (Å²) in [6, 6.07) is 0. The second kappa shape index (κ2) is 46.5. The smallest absolute Gasteiger partial charge is 0.335 e. The van der Waals surface area contributed by atoms with Crippen molar-refractivity contribution >= 4 is 23.9 Å². The molecule has 12 heteroatoms. The van der Waals surface area contributed by atoms with Crippen molar-refractivity contribution in [3.63, 3.8) is 0 Å². The number of carboxylic acid groups (broad SMARTS) is 1. The predicted octanol–water partition coefficient (Wildman–Crippen LogP) is 13.1. The van der Waals surface area contributed by atoms with Crippen molar-refractivity contribution in [2.75, 3.05) is 13.2 Å². The molecule has 0 radical (unpaired) electrons. The van der Waals surface area contributed by atoms with Crippen molar-refractivity contribution in [2.45, 2.75) is 225 Å². The van der Waals surface area contributed by atoms with Crippen LogP contribution in [-0.4, -0.2) is 89.2 Å². The van der Waals surface area contributed by atoms with Gasteiger partial charge in [0.05, 0.1) is 6.61 Å². The molecule has 0 aromatic heterocycles. The number of rotatable bonds is 43. The minimum atomic E-state index is -1.93. The van der Waals surface area contributed by atoms with Crippen molar-refractivity contribution < 1.29 is 58.2 Å². The normalized spacial score (nSPS) is 19.4. The Kier molecular flexibility index (Phi) is 42.1. The van der Waals surface area contributed by atoms with Crippen molar-refractivity contribution in [2.24, 2.45) is 0 Å². The van der Waals surface area contributed by atoms with Crippen LogP contribution in [0.1, 0.15) is 188 Å². The van der Waals surface area contributed by atoms with E-state index in [2.05, 4.69) is 118 Å². The lowest BCUT2D eigenvalue weighted by molar-refractivity contribution is -0.301. The molecule has 6 unspecified atom stereocenters. The van der Waals surface area contributed by atoms with E-state index in [-0.39, 0.29) is 25.9 Å². The van der Waals surface area contributed by atoms with Gasteiger partial charge in [-0.15, -0.1) is 0 Å². The molecule has 0 aliphatic carbocycles. The number of ether oxygens (including phenoxy) is 5. The molecule has 0 saturated carbocycles. The second-order valence-electron chi connectivity index (χ2n) is 17.7. The average molecular weight is 993 g/mol. The maximum absolute atomic E-state index is 13.1. The molecular formula is C59H92O12. The Labute approximate surface area is 427 Å². The molecular weight excluding hydrogens is 901 g/mol. The number of aliphatic hydroxyl groups is 2. The van der Waals surface area contributed by atoms with Gasteiger partial charge in [-0.3, -0.25) is 14.4 Å². The quantitative estimate of drug-likeness (QED) is 0.0229. The lowest BCUT2D eigenvalue weighted by Crippen LogP contribution is -2.61. The van der Waals surface area contributed by atoms with Crippen LogP contribution >= 0.6 is 0 Å². The Bertz CT molecular complexity index is 1650. The fourth-order valence-corrected chi connectivity index (χ4v) is 7.25. The maximum Gasteiger partial charge on any atom is 0.335 e. The molecule has 6 atom stereocenters. The third kappa shape index (κ3) is 36.9. The van der Waals surface area contributed by atoms with Crippen LogP contribution in [0.15, 0.2) is 109 Å². The Morgan fingerprint density at radius 2 is 0.915 bits per heavy atom. The molecule has 1 aliphatic heterocycles. The minimum absolute atomic E-state index is 0.00470. The summed E-state index contributed by atoms with van der Waals surface area (Å²) < 4.78 is 28.2. The van der Waals surface area contributed by atoms with Crippen molar-refractivity contribution in [3.05, 3.63) is 109 Å². The van der Waals surface area contributed by atoms with Gasteiger partial charge in [0.15, 0.2) is 24.6 Å². The number of esters is 3. The first-order valence-corrected chi connectivity index (χ1v) is 26.9. The molecule has 1 saturated heterocycles. The highest BCUT2D eigenvalue weighted by atomic mass is 16.7. The summed E-state index contributed by atoms with van der Waals surface area (Å²) in [5.41, 5.74) is 0. The first kappa shape index (κ1) is 64.4. The van der Waals surface area contributed by atoms with Gasteiger partial charge in [0.2, 0.25) is 0 Å². The van der Waals surface area contributed by atoms with Crippen LogP contribution in [-0.2, 0) is 42.9 Å². The van der Waals surface area contributed by atoms with E-state index in [9.17, 15) is 34.5 Å². The SMILES string of the molecule is CC/C=C\C/C=C\C/C=C\C/C=C\CCCCC(=O)OC1C(OCC(COC(=O)CC/C=C\C/C=C\C/C=C\C/C=C\CC)OC(=O)CCCCCCC/C=C\CCCCCC)OC(C(=O)O)C(O)C1O. The van der Waals surface area contributed by atoms with E-state index in [0.717, 1.165) is 96.3 Å². The van der Waals surface area contributed by atoms with Gasteiger partial charge in [-0.25, -0.2) is 4.79 Å². The average Bonchev–Trinajstić information content (AvgIpc) is 3.35. The summed E-state index contributed by atoms with van der Waals surface area (Å²) in [6.45, 7) is 5.62. The van der Waals surface area contributed by atoms with Crippen molar-refractivity contribution in [1.82, 2.24) is 0 Å². The fraction of sp³-hybridized carbons (Fsp3) is 0.627. The highest BCUT2D eigenvalue weighted by molar-refractivity contribution is 5.74. The van der Waals surface area contributed by atoms with Gasteiger partial charge in [-0.1, -0.05) is 169 Å². The number of hydrogen-bond donors (Lipinski definition) is 3. The molecule has 1 rings (SSSR count). The molecule has 0 spiro atoms. The first-order chi connectivity index (χ1) is 34.6. The molecule has 400 valence electrons. The molecule has 1 fully saturated rings. The van der Waals surface area contributed by atoms with Gasteiger partial charge in [0.1, 0.15) is 18.8 Å². The van der Waals surface area contributed by atoms with Crippen molar-refractivity contribution in [1.29, 1.82) is 0 Å². The van der Waals surface area contributed by atoms with E-state index >= 15 is 0 Å². The van der Waals surface area contributed by atoms with Crippen LogP contribution in [0.4, 0.5) is 0 Å². The Morgan fingerprint density at radius 1 is 0.479 bits per heavy atom. The molecule has 0 aromatic rings. The van der Waals surface area contributed by atoms with Crippen LogP contribution in [0, 0.1) is 0 Å². The fourth-order valence-electron chi connectivity index (χ4n) is 7.25. The van der Waals surface area contributed by atoms with Gasteiger partial charge in [0.25, 0.3) is 0 Å². The molecule has 1 aliphatic rings. The summed E-state index contributed by atoms with van der Waals surface area (Å²) in [5.74, 6) is -3.31. The zero-order chi connectivity index (χ0) is 51.8. The topological polar surface area (TPSA) is 175 Å². The summed E-state index contributed by atoms with van der Waals surface area (Å²) in [4.78, 5) is 50.9. The van der Waals surface area contributed by atoms with Crippen LogP contribution in [0.25, 0.3) is 0 Å².